The second-order valence-corrected chi connectivity index (χ2v) is 5.52. The van der Waals surface area contributed by atoms with E-state index in [-0.39, 0.29) is 11.7 Å². The summed E-state index contributed by atoms with van der Waals surface area (Å²) in [5, 5.41) is 2.83. The highest BCUT2D eigenvalue weighted by atomic mass is 19.1. The highest BCUT2D eigenvalue weighted by Crippen LogP contribution is 2.09. The predicted molar refractivity (Wildman–Crippen MR) is 83.0 cm³/mol. The fourth-order valence-electron chi connectivity index (χ4n) is 2.55. The Hall–Kier alpha value is -1.50. The summed E-state index contributed by atoms with van der Waals surface area (Å²) in [7, 11) is 1.62. The molecule has 1 saturated heterocycles. The maximum absolute atomic E-state index is 13.2. The van der Waals surface area contributed by atoms with E-state index in [0.717, 1.165) is 38.3 Å². The molecular weight excluding hydrogens is 285 g/mol. The van der Waals surface area contributed by atoms with E-state index in [9.17, 15) is 9.18 Å². The first-order chi connectivity index (χ1) is 10.7. The van der Waals surface area contributed by atoms with Crippen molar-refractivity contribution >= 4 is 5.91 Å². The summed E-state index contributed by atoms with van der Waals surface area (Å²) < 4.78 is 18.1. The molecule has 1 aliphatic rings. The van der Waals surface area contributed by atoms with Gasteiger partial charge in [-0.2, -0.15) is 0 Å². The molecule has 0 bridgehead atoms. The van der Waals surface area contributed by atoms with Crippen LogP contribution in [0.1, 0.15) is 5.56 Å². The van der Waals surface area contributed by atoms with Crippen molar-refractivity contribution in [3.8, 4) is 0 Å². The van der Waals surface area contributed by atoms with Gasteiger partial charge in [0.1, 0.15) is 5.82 Å². The third-order valence-corrected chi connectivity index (χ3v) is 3.76. The molecule has 0 atom stereocenters. The lowest BCUT2D eigenvalue weighted by atomic mass is 10.2. The molecule has 1 aromatic carbocycles. The lowest BCUT2D eigenvalue weighted by Crippen LogP contribution is -2.49. The number of methoxy groups -OCH3 is 1. The highest BCUT2D eigenvalue weighted by molar-refractivity contribution is 5.77. The van der Waals surface area contributed by atoms with Gasteiger partial charge in [-0.15, -0.1) is 0 Å². The van der Waals surface area contributed by atoms with Gasteiger partial charge in [0.05, 0.1) is 13.2 Å². The number of benzene rings is 1. The first-order valence-electron chi connectivity index (χ1n) is 7.62. The molecular formula is C16H24FN3O2. The number of hydrogen-bond acceptors (Lipinski definition) is 4. The Kier molecular flexibility index (Phi) is 6.76. The van der Waals surface area contributed by atoms with Crippen LogP contribution >= 0.6 is 0 Å². The van der Waals surface area contributed by atoms with Crippen LogP contribution in [0.4, 0.5) is 4.39 Å². The van der Waals surface area contributed by atoms with E-state index in [0.29, 0.717) is 19.7 Å². The summed E-state index contributed by atoms with van der Waals surface area (Å²) in [6.45, 7) is 5.76. The molecule has 5 nitrogen and oxygen atoms in total. The van der Waals surface area contributed by atoms with Gasteiger partial charge >= 0.3 is 0 Å². The molecule has 1 heterocycles. The molecule has 2 rings (SSSR count). The van der Waals surface area contributed by atoms with Gasteiger partial charge in [-0.1, -0.05) is 12.1 Å². The third kappa shape index (κ3) is 5.71. The molecule has 1 aromatic rings. The summed E-state index contributed by atoms with van der Waals surface area (Å²) >= 11 is 0. The standard InChI is InChI=1S/C16H24FN3O2/c1-22-10-5-18-16(21)13-20-8-6-19(7-9-20)12-14-3-2-4-15(17)11-14/h2-4,11H,5-10,12-13H2,1H3,(H,18,21). The Morgan fingerprint density at radius 2 is 2.00 bits per heavy atom. The molecule has 1 N–H and O–H groups in total. The van der Waals surface area contributed by atoms with Crippen molar-refractivity contribution in [1.29, 1.82) is 0 Å². The van der Waals surface area contributed by atoms with Crippen LogP contribution in [0.2, 0.25) is 0 Å². The quantitative estimate of drug-likeness (QED) is 0.754. The number of ether oxygens (including phenoxy) is 1. The Bertz CT molecular complexity index is 476. The average molecular weight is 309 g/mol. The van der Waals surface area contributed by atoms with Gasteiger partial charge in [-0.3, -0.25) is 14.6 Å². The molecule has 0 aliphatic carbocycles. The van der Waals surface area contributed by atoms with Crippen LogP contribution < -0.4 is 5.32 Å². The molecule has 22 heavy (non-hydrogen) atoms. The zero-order valence-corrected chi connectivity index (χ0v) is 13.1. The molecule has 122 valence electrons. The van der Waals surface area contributed by atoms with Gasteiger partial charge in [0.2, 0.25) is 5.91 Å². The first kappa shape index (κ1) is 16.9. The topological polar surface area (TPSA) is 44.8 Å². The largest absolute Gasteiger partial charge is 0.383 e. The van der Waals surface area contributed by atoms with E-state index in [4.69, 9.17) is 4.74 Å². The smallest absolute Gasteiger partial charge is 0.234 e. The number of carbonyl (C=O) groups is 1. The van der Waals surface area contributed by atoms with Gasteiger partial charge in [0.15, 0.2) is 0 Å². The van der Waals surface area contributed by atoms with Gasteiger partial charge in [0.25, 0.3) is 0 Å². The number of carbonyl (C=O) groups excluding carboxylic acids is 1. The predicted octanol–water partition coefficient (Wildman–Crippen LogP) is 0.706. The highest BCUT2D eigenvalue weighted by Gasteiger charge is 2.18. The monoisotopic (exact) mass is 309 g/mol. The lowest BCUT2D eigenvalue weighted by molar-refractivity contribution is -0.122. The maximum atomic E-state index is 13.2. The summed E-state index contributed by atoms with van der Waals surface area (Å²) in [4.78, 5) is 16.2. The van der Waals surface area contributed by atoms with Crippen LogP contribution in [0.15, 0.2) is 24.3 Å². The first-order valence-corrected chi connectivity index (χ1v) is 7.62. The maximum Gasteiger partial charge on any atom is 0.234 e. The van der Waals surface area contributed by atoms with Crippen LogP contribution in [-0.4, -0.2) is 68.7 Å². The fraction of sp³-hybridized carbons (Fsp3) is 0.562. The van der Waals surface area contributed by atoms with Gasteiger partial charge in [-0.25, -0.2) is 4.39 Å². The fourth-order valence-corrected chi connectivity index (χ4v) is 2.55. The van der Waals surface area contributed by atoms with Gasteiger partial charge in [-0.05, 0) is 17.7 Å². The number of nitrogens with one attached hydrogen (secondary N) is 1. The Labute approximate surface area is 131 Å². The van der Waals surface area contributed by atoms with Crippen molar-refractivity contribution in [1.82, 2.24) is 15.1 Å². The van der Waals surface area contributed by atoms with Crippen molar-refractivity contribution in [3.63, 3.8) is 0 Å². The van der Waals surface area contributed by atoms with E-state index in [1.807, 2.05) is 6.07 Å². The summed E-state index contributed by atoms with van der Waals surface area (Å²) in [6, 6.07) is 6.73. The molecule has 0 saturated carbocycles. The number of rotatable bonds is 7. The van der Waals surface area contributed by atoms with E-state index in [2.05, 4.69) is 15.1 Å². The molecule has 1 fully saturated rings. The number of halogens is 1. The third-order valence-electron chi connectivity index (χ3n) is 3.76. The number of piperazine rings is 1. The Morgan fingerprint density at radius 1 is 1.27 bits per heavy atom. The van der Waals surface area contributed by atoms with E-state index >= 15 is 0 Å². The van der Waals surface area contributed by atoms with Crippen LogP contribution in [0.3, 0.4) is 0 Å². The number of nitrogens with zero attached hydrogens (tertiary/aromatic N) is 2. The molecule has 1 amide bonds. The summed E-state index contributed by atoms with van der Waals surface area (Å²) in [6.07, 6.45) is 0. The second-order valence-electron chi connectivity index (χ2n) is 5.52. The molecule has 0 radical (unpaired) electrons. The molecule has 0 unspecified atom stereocenters. The van der Waals surface area contributed by atoms with Crippen LogP contribution in [-0.2, 0) is 16.1 Å². The average Bonchev–Trinajstić information content (AvgIpc) is 2.50. The minimum atomic E-state index is -0.191. The molecule has 6 heteroatoms. The zero-order valence-electron chi connectivity index (χ0n) is 13.1. The lowest BCUT2D eigenvalue weighted by Gasteiger charge is -2.34. The van der Waals surface area contributed by atoms with Crippen molar-refractivity contribution < 1.29 is 13.9 Å². The SMILES string of the molecule is COCCNC(=O)CN1CCN(Cc2cccc(F)c2)CC1. The number of amides is 1. The molecule has 0 aromatic heterocycles. The molecule has 0 spiro atoms. The Morgan fingerprint density at radius 3 is 2.68 bits per heavy atom. The van der Waals surface area contributed by atoms with Gasteiger partial charge < -0.3 is 10.1 Å². The number of hydrogen-bond donors (Lipinski definition) is 1. The Balaban J connectivity index is 1.68. The summed E-state index contributed by atoms with van der Waals surface area (Å²) in [5.41, 5.74) is 0.991. The normalized spacial score (nSPS) is 16.6. The second kappa shape index (κ2) is 8.82. The van der Waals surface area contributed by atoms with Crippen molar-refractivity contribution in [2.24, 2.45) is 0 Å². The summed E-state index contributed by atoms with van der Waals surface area (Å²) in [5.74, 6) is -0.153. The molecule has 1 aliphatic heterocycles. The van der Waals surface area contributed by atoms with Crippen LogP contribution in [0, 0.1) is 5.82 Å². The van der Waals surface area contributed by atoms with Crippen LogP contribution in [0.5, 0.6) is 0 Å². The zero-order chi connectivity index (χ0) is 15.8. The van der Waals surface area contributed by atoms with Crippen LogP contribution in [0.25, 0.3) is 0 Å². The van der Waals surface area contributed by atoms with Crippen molar-refractivity contribution in [3.05, 3.63) is 35.6 Å². The van der Waals surface area contributed by atoms with Crippen molar-refractivity contribution in [2.45, 2.75) is 6.54 Å². The minimum absolute atomic E-state index is 0.0376. The minimum Gasteiger partial charge on any atom is -0.383 e. The van der Waals surface area contributed by atoms with Crippen molar-refractivity contribution in [2.75, 3.05) is 53.0 Å². The van der Waals surface area contributed by atoms with E-state index in [1.165, 1.54) is 6.07 Å². The van der Waals surface area contributed by atoms with E-state index < -0.39 is 0 Å². The van der Waals surface area contributed by atoms with Gasteiger partial charge in [0, 0.05) is 46.4 Å². The van der Waals surface area contributed by atoms with E-state index in [1.54, 1.807) is 19.2 Å².